The highest BCUT2D eigenvalue weighted by molar-refractivity contribution is 6.46. The number of carbonyl (C=O) groups is 2. The minimum atomic E-state index is -0.717. The van der Waals surface area contributed by atoms with E-state index >= 15 is 0 Å². The number of nitrogens with zero attached hydrogens (tertiary/aromatic N) is 3. The Hall–Kier alpha value is -3.45. The van der Waals surface area contributed by atoms with Crippen LogP contribution in [-0.4, -0.2) is 52.2 Å². The molecule has 1 unspecified atom stereocenters. The van der Waals surface area contributed by atoms with E-state index in [0.29, 0.717) is 30.1 Å². The van der Waals surface area contributed by atoms with Crippen LogP contribution in [0.15, 0.2) is 54.2 Å². The average molecular weight is 447 g/mol. The Morgan fingerprint density at radius 3 is 2.42 bits per heavy atom. The molecule has 0 aliphatic carbocycles. The first-order valence-corrected chi connectivity index (χ1v) is 11.5. The van der Waals surface area contributed by atoms with E-state index in [4.69, 9.17) is 0 Å². The molecule has 1 amide bonds. The molecule has 0 radical (unpaired) electrons. The molecule has 172 valence electrons. The molecule has 0 bridgehead atoms. The molecule has 1 N–H and O–H groups in total. The standard InChI is InChI=1S/C26H30N4O3/c1-5-28(6-2)15-16-30-23(19-12-10-17(3)11-13-19)21(25(32)26(30)33)24(31)22-18(4)27-20-9-7-8-14-29(20)22/h7-14,23,31H,5-6,15-16H2,1-4H3. The van der Waals surface area contributed by atoms with Gasteiger partial charge in [0.05, 0.1) is 43.6 Å². The highest BCUT2D eigenvalue weighted by Gasteiger charge is 2.44. The first kappa shape index (κ1) is 22.7. The molecule has 2 aromatic heterocycles. The third kappa shape index (κ3) is 4.04. The van der Waals surface area contributed by atoms with E-state index in [9.17, 15) is 14.7 Å². The number of nitrogens with one attached hydrogen (secondary N) is 1. The molecule has 1 fully saturated rings. The van der Waals surface area contributed by atoms with Crippen molar-refractivity contribution in [2.24, 2.45) is 0 Å². The van der Waals surface area contributed by atoms with Crippen LogP contribution in [-0.2, 0) is 9.59 Å². The van der Waals surface area contributed by atoms with E-state index in [-0.39, 0.29) is 5.57 Å². The molecule has 3 aromatic rings. The number of imidazole rings is 1. The number of hydrogen-bond acceptors (Lipinski definition) is 4. The van der Waals surface area contributed by atoms with Gasteiger partial charge in [-0.2, -0.15) is 0 Å². The summed E-state index contributed by atoms with van der Waals surface area (Å²) in [6.45, 7) is 10.9. The van der Waals surface area contributed by atoms with Crippen molar-refractivity contribution in [1.29, 1.82) is 0 Å². The molecular formula is C26H30N4O3. The Kier molecular flexibility index (Phi) is 6.33. The quantitative estimate of drug-likeness (QED) is 0.335. The molecule has 0 saturated carbocycles. The number of amides is 1. The summed E-state index contributed by atoms with van der Waals surface area (Å²) in [5.74, 6) is -1.76. The van der Waals surface area contributed by atoms with Gasteiger partial charge in [0.15, 0.2) is 0 Å². The number of rotatable bonds is 7. The number of carbonyl (C=O) groups excluding carboxylic acids is 2. The van der Waals surface area contributed by atoms with E-state index < -0.39 is 23.5 Å². The summed E-state index contributed by atoms with van der Waals surface area (Å²) in [7, 11) is 0. The Labute approximate surface area is 194 Å². The van der Waals surface area contributed by atoms with Crippen LogP contribution in [0.5, 0.6) is 0 Å². The zero-order valence-corrected chi connectivity index (χ0v) is 19.6. The van der Waals surface area contributed by atoms with Gasteiger partial charge in [0, 0.05) is 11.8 Å². The van der Waals surface area contributed by atoms with Crippen LogP contribution < -0.4 is 10.0 Å². The second-order valence-corrected chi connectivity index (χ2v) is 8.57. The third-order valence-electron chi connectivity index (χ3n) is 6.55. The lowest BCUT2D eigenvalue weighted by molar-refractivity contribution is -0.895. The number of likely N-dealkylation sites (N-methyl/N-ethyl adjacent to an activating group) is 1. The number of likely N-dealkylation sites (tertiary alicyclic amines) is 1. The monoisotopic (exact) mass is 446 g/mol. The molecule has 1 aliphatic rings. The predicted octanol–water partition coefficient (Wildman–Crippen LogP) is 1.10. The molecule has 1 aromatic carbocycles. The number of benzene rings is 1. The van der Waals surface area contributed by atoms with Gasteiger partial charge in [0.2, 0.25) is 5.78 Å². The molecule has 7 heteroatoms. The number of aromatic nitrogens is 2. The summed E-state index contributed by atoms with van der Waals surface area (Å²) in [6, 6.07) is 12.5. The molecular weight excluding hydrogens is 416 g/mol. The molecule has 33 heavy (non-hydrogen) atoms. The van der Waals surface area contributed by atoms with Crippen molar-refractivity contribution in [3.05, 3.63) is 76.7 Å². The Morgan fingerprint density at radius 1 is 1.06 bits per heavy atom. The van der Waals surface area contributed by atoms with Gasteiger partial charge in [-0.25, -0.2) is 4.98 Å². The molecule has 4 rings (SSSR count). The van der Waals surface area contributed by atoms with Crippen LogP contribution in [0.25, 0.3) is 11.4 Å². The zero-order valence-electron chi connectivity index (χ0n) is 19.6. The summed E-state index contributed by atoms with van der Waals surface area (Å²) < 4.78 is 1.69. The lowest BCUT2D eigenvalue weighted by Crippen LogP contribution is -3.12. The van der Waals surface area contributed by atoms with Crippen molar-refractivity contribution in [2.75, 3.05) is 26.2 Å². The highest BCUT2D eigenvalue weighted by atomic mass is 16.3. The van der Waals surface area contributed by atoms with E-state index in [0.717, 1.165) is 24.2 Å². The van der Waals surface area contributed by atoms with Crippen molar-refractivity contribution in [1.82, 2.24) is 14.3 Å². The lowest BCUT2D eigenvalue weighted by atomic mass is 9.95. The number of aryl methyl sites for hydroxylation is 2. The van der Waals surface area contributed by atoms with Crippen LogP contribution >= 0.6 is 0 Å². The van der Waals surface area contributed by atoms with Crippen molar-refractivity contribution >= 4 is 23.1 Å². The Balaban J connectivity index is 1.87. The van der Waals surface area contributed by atoms with Gasteiger partial charge in [-0.1, -0.05) is 41.7 Å². The fourth-order valence-corrected chi connectivity index (χ4v) is 4.59. The number of fused-ring (bicyclic) bond motifs is 1. The molecule has 0 spiro atoms. The maximum absolute atomic E-state index is 13.8. The van der Waals surface area contributed by atoms with Crippen LogP contribution in [0.1, 0.15) is 42.4 Å². The summed E-state index contributed by atoms with van der Waals surface area (Å²) in [5.41, 5.74) is 3.34. The van der Waals surface area contributed by atoms with Crippen LogP contribution in [0.2, 0.25) is 0 Å². The summed E-state index contributed by atoms with van der Waals surface area (Å²) >= 11 is 0. The number of pyridine rings is 1. The first-order valence-electron chi connectivity index (χ1n) is 11.5. The topological polar surface area (TPSA) is 82.2 Å². The van der Waals surface area contributed by atoms with Crippen molar-refractivity contribution in [3.8, 4) is 0 Å². The van der Waals surface area contributed by atoms with Gasteiger partial charge in [-0.15, -0.1) is 0 Å². The summed E-state index contributed by atoms with van der Waals surface area (Å²) in [6.07, 6.45) is 1.76. The van der Waals surface area contributed by atoms with Crippen LogP contribution in [0.3, 0.4) is 0 Å². The Bertz CT molecular complexity index is 1220. The zero-order chi connectivity index (χ0) is 23.7. The summed E-state index contributed by atoms with van der Waals surface area (Å²) in [4.78, 5) is 33.8. The van der Waals surface area contributed by atoms with E-state index in [1.165, 1.54) is 4.90 Å². The molecule has 1 saturated heterocycles. The molecule has 1 aliphatic heterocycles. The predicted molar refractivity (Wildman–Crippen MR) is 124 cm³/mol. The maximum atomic E-state index is 13.8. The minimum absolute atomic E-state index is 0.00662. The van der Waals surface area contributed by atoms with Gasteiger partial charge >= 0.3 is 0 Å². The fraction of sp³-hybridized carbons (Fsp3) is 0.346. The fourth-order valence-electron chi connectivity index (χ4n) is 4.59. The average Bonchev–Trinajstić information content (AvgIpc) is 3.28. The second-order valence-electron chi connectivity index (χ2n) is 8.57. The minimum Gasteiger partial charge on any atom is -0.871 e. The summed E-state index contributed by atoms with van der Waals surface area (Å²) in [5, 5.41) is 13.8. The smallest absolute Gasteiger partial charge is 0.295 e. The highest BCUT2D eigenvalue weighted by Crippen LogP contribution is 2.39. The van der Waals surface area contributed by atoms with Crippen molar-refractivity contribution in [2.45, 2.75) is 33.7 Å². The van der Waals surface area contributed by atoms with Gasteiger partial charge in [0.25, 0.3) is 5.91 Å². The second kappa shape index (κ2) is 9.19. The number of quaternary nitrogens is 1. The number of Topliss-reactive ketones (excluding diaryl/α,β-unsaturated/α-hetero) is 1. The van der Waals surface area contributed by atoms with Crippen LogP contribution in [0.4, 0.5) is 0 Å². The van der Waals surface area contributed by atoms with Gasteiger partial charge in [-0.05, 0) is 45.4 Å². The largest absolute Gasteiger partial charge is 0.871 e. The van der Waals surface area contributed by atoms with Crippen LogP contribution in [0, 0.1) is 13.8 Å². The van der Waals surface area contributed by atoms with Gasteiger partial charge in [-0.3, -0.25) is 9.59 Å². The van der Waals surface area contributed by atoms with Crippen molar-refractivity contribution in [3.63, 3.8) is 0 Å². The Morgan fingerprint density at radius 2 is 1.76 bits per heavy atom. The number of ketones is 1. The number of hydrogen-bond donors (Lipinski definition) is 1. The van der Waals surface area contributed by atoms with Crippen molar-refractivity contribution < 1.29 is 19.6 Å². The normalized spacial score (nSPS) is 18.1. The third-order valence-corrected chi connectivity index (χ3v) is 6.55. The van der Waals surface area contributed by atoms with Gasteiger partial charge < -0.3 is 19.3 Å². The molecule has 3 heterocycles. The van der Waals surface area contributed by atoms with E-state index in [1.807, 2.05) is 49.4 Å². The molecule has 7 nitrogen and oxygen atoms in total. The first-order chi connectivity index (χ1) is 15.9. The van der Waals surface area contributed by atoms with E-state index in [1.54, 1.807) is 22.4 Å². The maximum Gasteiger partial charge on any atom is 0.295 e. The van der Waals surface area contributed by atoms with Gasteiger partial charge in [0.1, 0.15) is 5.65 Å². The van der Waals surface area contributed by atoms with E-state index in [2.05, 4.69) is 18.8 Å². The lowest BCUT2D eigenvalue weighted by Gasteiger charge is -2.28. The molecule has 1 atom stereocenters. The SMILES string of the molecule is CC[NH+](CC)CCN1C(=O)C(=O)C(=C([O-])c2c(C)nc3ccccn23)C1c1ccc(C)cc1.